The van der Waals surface area contributed by atoms with E-state index in [1.165, 1.54) is 0 Å². The standard InChI is InChI=1S/C11H17FN4/c12-8-10(16-6-4-14-5-7-16)9-2-1-3-15-11(9)13/h1-3,10,14H,4-8H2,(H2,13,15)/t10-/m0/s1. The van der Waals surface area contributed by atoms with E-state index in [-0.39, 0.29) is 6.04 Å². The Balaban J connectivity index is 2.18. The Morgan fingerprint density at radius 1 is 1.50 bits per heavy atom. The molecule has 1 aliphatic heterocycles. The molecular formula is C11H17FN4. The highest BCUT2D eigenvalue weighted by Crippen LogP contribution is 2.24. The number of pyridine rings is 1. The molecule has 0 radical (unpaired) electrons. The minimum atomic E-state index is -0.421. The predicted molar refractivity (Wildman–Crippen MR) is 61.8 cm³/mol. The topological polar surface area (TPSA) is 54.2 Å². The molecule has 2 heterocycles. The molecule has 1 aliphatic rings. The molecule has 1 aromatic rings. The normalized spacial score (nSPS) is 19.6. The van der Waals surface area contributed by atoms with Crippen molar-refractivity contribution >= 4 is 5.82 Å². The van der Waals surface area contributed by atoms with Crippen molar-refractivity contribution in [2.45, 2.75) is 6.04 Å². The number of rotatable bonds is 3. The molecule has 0 unspecified atom stereocenters. The molecular weight excluding hydrogens is 207 g/mol. The third kappa shape index (κ3) is 2.31. The molecule has 16 heavy (non-hydrogen) atoms. The van der Waals surface area contributed by atoms with Gasteiger partial charge in [-0.1, -0.05) is 6.07 Å². The van der Waals surface area contributed by atoms with E-state index in [2.05, 4.69) is 15.2 Å². The van der Waals surface area contributed by atoms with Crippen molar-refractivity contribution in [3.63, 3.8) is 0 Å². The molecule has 1 saturated heterocycles. The van der Waals surface area contributed by atoms with Gasteiger partial charge in [-0.2, -0.15) is 0 Å². The number of anilines is 1. The van der Waals surface area contributed by atoms with Gasteiger partial charge in [-0.3, -0.25) is 4.90 Å². The van der Waals surface area contributed by atoms with Gasteiger partial charge in [0.15, 0.2) is 0 Å². The minimum Gasteiger partial charge on any atom is -0.383 e. The van der Waals surface area contributed by atoms with Crippen molar-refractivity contribution < 1.29 is 4.39 Å². The van der Waals surface area contributed by atoms with Gasteiger partial charge in [0.25, 0.3) is 0 Å². The predicted octanol–water partition coefficient (Wildman–Crippen LogP) is 0.580. The Labute approximate surface area is 94.6 Å². The number of aromatic nitrogens is 1. The lowest BCUT2D eigenvalue weighted by Crippen LogP contribution is -2.45. The first-order valence-corrected chi connectivity index (χ1v) is 5.54. The van der Waals surface area contributed by atoms with Crippen LogP contribution >= 0.6 is 0 Å². The van der Waals surface area contributed by atoms with Gasteiger partial charge in [0, 0.05) is 37.9 Å². The monoisotopic (exact) mass is 224 g/mol. The second-order valence-electron chi connectivity index (χ2n) is 3.93. The number of nitrogens with zero attached hydrogens (tertiary/aromatic N) is 2. The van der Waals surface area contributed by atoms with Crippen LogP contribution in [0.1, 0.15) is 11.6 Å². The molecule has 1 aromatic heterocycles. The molecule has 1 fully saturated rings. The van der Waals surface area contributed by atoms with Crippen molar-refractivity contribution in [1.29, 1.82) is 0 Å². The fourth-order valence-corrected chi connectivity index (χ4v) is 2.08. The summed E-state index contributed by atoms with van der Waals surface area (Å²) >= 11 is 0. The Bertz CT molecular complexity index is 339. The van der Waals surface area contributed by atoms with Crippen LogP contribution in [0.4, 0.5) is 10.2 Å². The number of hydrogen-bond acceptors (Lipinski definition) is 4. The summed E-state index contributed by atoms with van der Waals surface area (Å²) < 4.78 is 13.2. The van der Waals surface area contributed by atoms with E-state index in [0.29, 0.717) is 5.82 Å². The summed E-state index contributed by atoms with van der Waals surface area (Å²) in [5.41, 5.74) is 6.58. The van der Waals surface area contributed by atoms with Crippen molar-refractivity contribution in [3.8, 4) is 0 Å². The zero-order valence-electron chi connectivity index (χ0n) is 9.19. The molecule has 4 nitrogen and oxygen atoms in total. The van der Waals surface area contributed by atoms with E-state index >= 15 is 0 Å². The first kappa shape index (κ1) is 11.3. The maximum Gasteiger partial charge on any atom is 0.128 e. The number of nitrogens with two attached hydrogens (primary N) is 1. The van der Waals surface area contributed by atoms with Gasteiger partial charge in [0.1, 0.15) is 12.5 Å². The molecule has 1 atom stereocenters. The van der Waals surface area contributed by atoms with E-state index in [1.807, 2.05) is 6.07 Å². The van der Waals surface area contributed by atoms with Gasteiger partial charge >= 0.3 is 0 Å². The summed E-state index contributed by atoms with van der Waals surface area (Å²) in [7, 11) is 0. The molecule has 2 rings (SSSR count). The van der Waals surface area contributed by atoms with Crippen LogP contribution < -0.4 is 11.1 Å². The van der Waals surface area contributed by atoms with Gasteiger partial charge in [0.05, 0.1) is 6.04 Å². The van der Waals surface area contributed by atoms with Crippen LogP contribution in [0.2, 0.25) is 0 Å². The first-order valence-electron chi connectivity index (χ1n) is 5.54. The summed E-state index contributed by atoms with van der Waals surface area (Å²) in [5, 5.41) is 3.25. The van der Waals surface area contributed by atoms with Crippen LogP contribution in [0, 0.1) is 0 Å². The zero-order chi connectivity index (χ0) is 11.4. The van der Waals surface area contributed by atoms with E-state index in [9.17, 15) is 4.39 Å². The lowest BCUT2D eigenvalue weighted by atomic mass is 10.1. The number of hydrogen-bond donors (Lipinski definition) is 2. The molecule has 0 saturated carbocycles. The summed E-state index contributed by atoms with van der Waals surface area (Å²) in [6.07, 6.45) is 1.63. The molecule has 88 valence electrons. The third-order valence-electron chi connectivity index (χ3n) is 2.97. The van der Waals surface area contributed by atoms with Crippen LogP contribution in [0.25, 0.3) is 0 Å². The van der Waals surface area contributed by atoms with Gasteiger partial charge in [0.2, 0.25) is 0 Å². The number of nitrogens with one attached hydrogen (secondary N) is 1. The van der Waals surface area contributed by atoms with Crippen LogP contribution in [-0.2, 0) is 0 Å². The number of nitrogen functional groups attached to an aromatic ring is 1. The van der Waals surface area contributed by atoms with Crippen LogP contribution in [0.15, 0.2) is 18.3 Å². The molecule has 0 bridgehead atoms. The molecule has 5 heteroatoms. The van der Waals surface area contributed by atoms with Crippen LogP contribution in [-0.4, -0.2) is 42.7 Å². The molecule has 0 aromatic carbocycles. The van der Waals surface area contributed by atoms with Crippen molar-refractivity contribution in [2.24, 2.45) is 0 Å². The van der Waals surface area contributed by atoms with Crippen LogP contribution in [0.3, 0.4) is 0 Å². The average molecular weight is 224 g/mol. The zero-order valence-corrected chi connectivity index (χ0v) is 9.19. The summed E-state index contributed by atoms with van der Waals surface area (Å²) in [5.74, 6) is 0.434. The van der Waals surface area contributed by atoms with Crippen molar-refractivity contribution in [3.05, 3.63) is 23.9 Å². The van der Waals surface area contributed by atoms with E-state index in [0.717, 1.165) is 31.7 Å². The van der Waals surface area contributed by atoms with E-state index < -0.39 is 6.67 Å². The second-order valence-corrected chi connectivity index (χ2v) is 3.93. The largest absolute Gasteiger partial charge is 0.383 e. The number of piperazine rings is 1. The first-order chi connectivity index (χ1) is 7.83. The maximum atomic E-state index is 13.2. The van der Waals surface area contributed by atoms with E-state index in [4.69, 9.17) is 5.73 Å². The Kier molecular flexibility index (Phi) is 3.69. The maximum absolute atomic E-state index is 13.2. The molecule has 3 N–H and O–H groups in total. The van der Waals surface area contributed by atoms with E-state index in [1.54, 1.807) is 12.3 Å². The number of alkyl halides is 1. The minimum absolute atomic E-state index is 0.254. The number of halogens is 1. The highest BCUT2D eigenvalue weighted by molar-refractivity contribution is 5.41. The van der Waals surface area contributed by atoms with Crippen molar-refractivity contribution in [2.75, 3.05) is 38.6 Å². The SMILES string of the molecule is Nc1ncccc1[C@H](CF)N1CCNCC1. The summed E-state index contributed by atoms with van der Waals surface area (Å²) in [6, 6.07) is 3.40. The Morgan fingerprint density at radius 3 is 2.88 bits per heavy atom. The molecule has 0 spiro atoms. The summed E-state index contributed by atoms with van der Waals surface area (Å²) in [4.78, 5) is 6.13. The quantitative estimate of drug-likeness (QED) is 0.788. The lowest BCUT2D eigenvalue weighted by Gasteiger charge is -2.33. The second kappa shape index (κ2) is 5.23. The van der Waals surface area contributed by atoms with Crippen LogP contribution in [0.5, 0.6) is 0 Å². The third-order valence-corrected chi connectivity index (χ3v) is 2.97. The smallest absolute Gasteiger partial charge is 0.128 e. The van der Waals surface area contributed by atoms with Gasteiger partial charge < -0.3 is 11.1 Å². The summed E-state index contributed by atoms with van der Waals surface area (Å²) in [6.45, 7) is 3.08. The molecule has 0 amide bonds. The Morgan fingerprint density at radius 2 is 2.25 bits per heavy atom. The fourth-order valence-electron chi connectivity index (χ4n) is 2.08. The van der Waals surface area contributed by atoms with Gasteiger partial charge in [-0.05, 0) is 6.07 Å². The average Bonchev–Trinajstić information content (AvgIpc) is 2.34. The Hall–Kier alpha value is -1.20. The highest BCUT2D eigenvalue weighted by Gasteiger charge is 2.23. The van der Waals surface area contributed by atoms with Gasteiger partial charge in [-0.15, -0.1) is 0 Å². The fraction of sp³-hybridized carbons (Fsp3) is 0.545. The van der Waals surface area contributed by atoms with Crippen molar-refractivity contribution in [1.82, 2.24) is 15.2 Å². The molecule has 0 aliphatic carbocycles. The van der Waals surface area contributed by atoms with Gasteiger partial charge in [-0.25, -0.2) is 9.37 Å². The highest BCUT2D eigenvalue weighted by atomic mass is 19.1. The lowest BCUT2D eigenvalue weighted by molar-refractivity contribution is 0.148.